The van der Waals surface area contributed by atoms with E-state index < -0.39 is 0 Å². The summed E-state index contributed by atoms with van der Waals surface area (Å²) in [4.78, 5) is 8.47. The Labute approximate surface area is 111 Å². The molecule has 6 heteroatoms. The summed E-state index contributed by atoms with van der Waals surface area (Å²) in [7, 11) is 4.86. The van der Waals surface area contributed by atoms with Crippen LogP contribution in [0.4, 0.5) is 5.82 Å². The lowest BCUT2D eigenvalue weighted by Crippen LogP contribution is -2.09. The highest BCUT2D eigenvalue weighted by Crippen LogP contribution is 2.33. The third-order valence-electron chi connectivity index (χ3n) is 2.74. The molecule has 0 spiro atoms. The Morgan fingerprint density at radius 1 is 1.05 bits per heavy atom. The number of anilines is 1. The third kappa shape index (κ3) is 2.85. The molecule has 0 saturated carbocycles. The van der Waals surface area contributed by atoms with Gasteiger partial charge in [0.25, 0.3) is 0 Å². The Morgan fingerprint density at radius 3 is 2.47 bits per heavy atom. The smallest absolute Gasteiger partial charge is 0.162 e. The van der Waals surface area contributed by atoms with E-state index in [1.54, 1.807) is 21.3 Å². The lowest BCUT2D eigenvalue weighted by Gasteiger charge is -2.11. The summed E-state index contributed by atoms with van der Waals surface area (Å²) in [5.41, 5.74) is 0.799. The molecule has 6 nitrogen and oxygen atoms in total. The van der Waals surface area contributed by atoms with Gasteiger partial charge in [-0.05, 0) is 6.07 Å². The molecule has 0 atom stereocenters. The molecule has 0 aliphatic heterocycles. The van der Waals surface area contributed by atoms with Gasteiger partial charge in [0, 0.05) is 25.1 Å². The van der Waals surface area contributed by atoms with E-state index in [9.17, 15) is 0 Å². The number of hydrogen-bond donors (Lipinski definition) is 1. The average molecular weight is 263 g/mol. The minimum Gasteiger partial charge on any atom is -0.493 e. The Hall–Kier alpha value is -2.08. The van der Waals surface area contributed by atoms with Crippen LogP contribution in [0, 0.1) is 0 Å². The molecule has 0 aliphatic rings. The van der Waals surface area contributed by atoms with Gasteiger partial charge in [-0.2, -0.15) is 0 Å². The van der Waals surface area contributed by atoms with Gasteiger partial charge in [-0.1, -0.05) is 0 Å². The number of fused-ring (bicyclic) bond motifs is 1. The van der Waals surface area contributed by atoms with E-state index in [1.807, 2.05) is 12.1 Å². The van der Waals surface area contributed by atoms with E-state index in [2.05, 4.69) is 15.3 Å². The standard InChI is InChI=1S/C13H17N3O3/c1-17-5-4-14-13-9-6-11(18-2)12(19-3)7-10(9)15-8-16-13/h6-8H,4-5H2,1-3H3,(H,14,15,16). The second-order valence-corrected chi connectivity index (χ2v) is 3.87. The second-order valence-electron chi connectivity index (χ2n) is 3.87. The predicted octanol–water partition coefficient (Wildman–Crippen LogP) is 1.71. The Balaban J connectivity index is 2.42. The van der Waals surface area contributed by atoms with Crippen LogP contribution >= 0.6 is 0 Å². The van der Waals surface area contributed by atoms with Gasteiger partial charge < -0.3 is 19.5 Å². The van der Waals surface area contributed by atoms with Crippen LogP contribution in [-0.2, 0) is 4.74 Å². The number of nitrogens with zero attached hydrogens (tertiary/aromatic N) is 2. The first kappa shape index (κ1) is 13.4. The fourth-order valence-corrected chi connectivity index (χ4v) is 1.80. The van der Waals surface area contributed by atoms with Crippen LogP contribution in [0.25, 0.3) is 10.9 Å². The summed E-state index contributed by atoms with van der Waals surface area (Å²) < 4.78 is 15.6. The van der Waals surface area contributed by atoms with Crippen LogP contribution in [0.3, 0.4) is 0 Å². The van der Waals surface area contributed by atoms with E-state index in [0.717, 1.165) is 16.7 Å². The van der Waals surface area contributed by atoms with Crippen molar-refractivity contribution in [2.75, 3.05) is 39.8 Å². The number of nitrogens with one attached hydrogen (secondary N) is 1. The zero-order valence-electron chi connectivity index (χ0n) is 11.3. The van der Waals surface area contributed by atoms with E-state index in [4.69, 9.17) is 14.2 Å². The Morgan fingerprint density at radius 2 is 1.79 bits per heavy atom. The first-order chi connectivity index (χ1) is 9.30. The summed E-state index contributed by atoms with van der Waals surface area (Å²) in [5, 5.41) is 4.09. The van der Waals surface area contributed by atoms with Gasteiger partial charge >= 0.3 is 0 Å². The highest BCUT2D eigenvalue weighted by molar-refractivity contribution is 5.91. The molecular weight excluding hydrogens is 246 g/mol. The summed E-state index contributed by atoms with van der Waals surface area (Å²) >= 11 is 0. The highest BCUT2D eigenvalue weighted by atomic mass is 16.5. The van der Waals surface area contributed by atoms with Gasteiger partial charge in [-0.15, -0.1) is 0 Å². The van der Waals surface area contributed by atoms with E-state index in [1.165, 1.54) is 6.33 Å². The summed E-state index contributed by atoms with van der Waals surface area (Å²) in [6.07, 6.45) is 1.52. The van der Waals surface area contributed by atoms with Crippen molar-refractivity contribution in [3.63, 3.8) is 0 Å². The van der Waals surface area contributed by atoms with Crippen LogP contribution in [0.5, 0.6) is 11.5 Å². The molecule has 1 N–H and O–H groups in total. The molecule has 19 heavy (non-hydrogen) atoms. The van der Waals surface area contributed by atoms with Crippen LogP contribution < -0.4 is 14.8 Å². The molecule has 0 aliphatic carbocycles. The van der Waals surface area contributed by atoms with Crippen LogP contribution in [0.2, 0.25) is 0 Å². The number of benzene rings is 1. The molecule has 2 aromatic rings. The lowest BCUT2D eigenvalue weighted by molar-refractivity contribution is 0.210. The monoisotopic (exact) mass is 263 g/mol. The van der Waals surface area contributed by atoms with Crippen molar-refractivity contribution in [1.29, 1.82) is 0 Å². The summed E-state index contributed by atoms with van der Waals surface area (Å²) in [6, 6.07) is 3.70. The van der Waals surface area contributed by atoms with Crippen molar-refractivity contribution in [3.05, 3.63) is 18.5 Å². The van der Waals surface area contributed by atoms with Crippen LogP contribution in [0.15, 0.2) is 18.5 Å². The number of ether oxygens (including phenoxy) is 3. The third-order valence-corrected chi connectivity index (χ3v) is 2.74. The van der Waals surface area contributed by atoms with Crippen LogP contribution in [0.1, 0.15) is 0 Å². The van der Waals surface area contributed by atoms with E-state index >= 15 is 0 Å². The fraction of sp³-hybridized carbons (Fsp3) is 0.385. The van der Waals surface area contributed by atoms with Crippen molar-refractivity contribution in [2.45, 2.75) is 0 Å². The summed E-state index contributed by atoms with van der Waals surface area (Å²) in [6.45, 7) is 1.29. The van der Waals surface area contributed by atoms with Crippen molar-refractivity contribution in [3.8, 4) is 11.5 Å². The minimum absolute atomic E-state index is 0.610. The highest BCUT2D eigenvalue weighted by Gasteiger charge is 2.10. The van der Waals surface area contributed by atoms with Gasteiger partial charge in [-0.25, -0.2) is 9.97 Å². The number of rotatable bonds is 6. The Bertz CT molecular complexity index is 560. The van der Waals surface area contributed by atoms with Crippen molar-refractivity contribution in [2.24, 2.45) is 0 Å². The quantitative estimate of drug-likeness (QED) is 0.800. The number of hydrogen-bond acceptors (Lipinski definition) is 6. The molecule has 1 heterocycles. The molecule has 0 saturated heterocycles. The SMILES string of the molecule is COCCNc1ncnc2cc(OC)c(OC)cc12. The first-order valence-electron chi connectivity index (χ1n) is 5.89. The van der Waals surface area contributed by atoms with Crippen LogP contribution in [-0.4, -0.2) is 44.4 Å². The van der Waals surface area contributed by atoms with Gasteiger partial charge in [0.15, 0.2) is 11.5 Å². The summed E-state index contributed by atoms with van der Waals surface area (Å²) in [5.74, 6) is 2.05. The Kier molecular flexibility index (Phi) is 4.35. The molecule has 0 radical (unpaired) electrons. The average Bonchev–Trinajstić information content (AvgIpc) is 2.46. The molecule has 0 amide bonds. The largest absolute Gasteiger partial charge is 0.493 e. The molecule has 102 valence electrons. The minimum atomic E-state index is 0.610. The van der Waals surface area contributed by atoms with E-state index in [0.29, 0.717) is 24.7 Å². The van der Waals surface area contributed by atoms with Crippen molar-refractivity contribution in [1.82, 2.24) is 9.97 Å². The molecule has 2 rings (SSSR count). The molecule has 1 aromatic carbocycles. The van der Waals surface area contributed by atoms with Crippen molar-refractivity contribution >= 4 is 16.7 Å². The lowest BCUT2D eigenvalue weighted by atomic mass is 10.2. The molecule has 0 bridgehead atoms. The molecule has 0 unspecified atom stereocenters. The van der Waals surface area contributed by atoms with E-state index in [-0.39, 0.29) is 0 Å². The maximum absolute atomic E-state index is 5.29. The predicted molar refractivity (Wildman–Crippen MR) is 73.0 cm³/mol. The zero-order chi connectivity index (χ0) is 13.7. The maximum atomic E-state index is 5.29. The maximum Gasteiger partial charge on any atom is 0.162 e. The topological polar surface area (TPSA) is 65.5 Å². The van der Waals surface area contributed by atoms with Crippen molar-refractivity contribution < 1.29 is 14.2 Å². The molecule has 1 aromatic heterocycles. The molecule has 0 fully saturated rings. The number of aromatic nitrogens is 2. The van der Waals surface area contributed by atoms with Gasteiger partial charge in [0.05, 0.1) is 26.3 Å². The second kappa shape index (κ2) is 6.19. The first-order valence-corrected chi connectivity index (χ1v) is 5.89. The van der Waals surface area contributed by atoms with Gasteiger partial charge in [-0.3, -0.25) is 0 Å². The number of methoxy groups -OCH3 is 3. The normalized spacial score (nSPS) is 10.5. The molecular formula is C13H17N3O3. The van der Waals surface area contributed by atoms with Gasteiger partial charge in [0.1, 0.15) is 12.1 Å². The van der Waals surface area contributed by atoms with Gasteiger partial charge in [0.2, 0.25) is 0 Å². The zero-order valence-corrected chi connectivity index (χ0v) is 11.3. The fourth-order valence-electron chi connectivity index (χ4n) is 1.80.